The highest BCUT2D eigenvalue weighted by atomic mass is 19.3. The molecule has 0 aromatic heterocycles. The molecule has 0 bridgehead atoms. The van der Waals surface area contributed by atoms with Crippen molar-refractivity contribution < 1.29 is 23.0 Å². The summed E-state index contributed by atoms with van der Waals surface area (Å²) in [5.41, 5.74) is -0.150. The molecule has 1 aromatic carbocycles. The van der Waals surface area contributed by atoms with Gasteiger partial charge in [0.25, 0.3) is 5.92 Å². The second-order valence-electron chi connectivity index (χ2n) is 6.06. The topological polar surface area (TPSA) is 50.8 Å². The van der Waals surface area contributed by atoms with Gasteiger partial charge < -0.3 is 14.4 Å². The minimum atomic E-state index is -3.14. The van der Waals surface area contributed by atoms with E-state index in [9.17, 15) is 13.6 Å². The van der Waals surface area contributed by atoms with Crippen molar-refractivity contribution in [2.45, 2.75) is 31.7 Å². The number of carbonyl (C=O) groups excluding carboxylic acids is 1. The van der Waals surface area contributed by atoms with Crippen LogP contribution >= 0.6 is 0 Å². The number of unbranched alkanes of at least 4 members (excludes halogenated alkanes) is 1. The number of halogens is 2. The highest BCUT2D eigenvalue weighted by Gasteiger charge is 2.34. The Morgan fingerprint density at radius 3 is 2.68 bits per heavy atom. The van der Waals surface area contributed by atoms with E-state index in [-0.39, 0.29) is 18.1 Å². The van der Waals surface area contributed by atoms with Gasteiger partial charge in [0.15, 0.2) is 0 Å². The molecule has 0 aliphatic heterocycles. The Kier molecular flexibility index (Phi) is 8.78. The molecule has 0 heterocycles. The molecular weight excluding hydrogens is 330 g/mol. The number of amides is 1. The summed E-state index contributed by atoms with van der Waals surface area (Å²) in [6, 6.07) is 5.08. The predicted octanol–water partition coefficient (Wildman–Crippen LogP) is 2.65. The van der Waals surface area contributed by atoms with Crippen molar-refractivity contribution in [2.75, 3.05) is 41.0 Å². The third kappa shape index (κ3) is 6.96. The molecule has 0 saturated heterocycles. The molecule has 1 unspecified atom stereocenters. The lowest BCUT2D eigenvalue weighted by molar-refractivity contribution is -0.132. The highest BCUT2D eigenvalue weighted by molar-refractivity contribution is 5.81. The number of alkyl halides is 2. The monoisotopic (exact) mass is 358 g/mol. The summed E-state index contributed by atoms with van der Waals surface area (Å²) < 4.78 is 39.4. The number of methoxy groups -OCH3 is 1. The summed E-state index contributed by atoms with van der Waals surface area (Å²) in [5, 5.41) is 2.61. The third-order valence-electron chi connectivity index (χ3n) is 3.67. The summed E-state index contributed by atoms with van der Waals surface area (Å²) in [6.45, 7) is 1.88. The van der Waals surface area contributed by atoms with Gasteiger partial charge in [0.05, 0.1) is 19.8 Å². The van der Waals surface area contributed by atoms with Gasteiger partial charge in [-0.25, -0.2) is 0 Å². The van der Waals surface area contributed by atoms with E-state index in [1.807, 2.05) is 6.92 Å². The van der Waals surface area contributed by atoms with Crippen molar-refractivity contribution in [3.63, 3.8) is 0 Å². The normalized spacial score (nSPS) is 12.7. The van der Waals surface area contributed by atoms with E-state index in [0.717, 1.165) is 12.8 Å². The average Bonchev–Trinajstić information content (AvgIpc) is 2.58. The Balaban J connectivity index is 2.75. The zero-order valence-corrected chi connectivity index (χ0v) is 15.4. The first-order chi connectivity index (χ1) is 11.8. The number of rotatable bonds is 11. The number of hydrogen-bond donors (Lipinski definition) is 1. The maximum absolute atomic E-state index is 14.5. The molecule has 0 radical (unpaired) electrons. The average molecular weight is 358 g/mol. The van der Waals surface area contributed by atoms with E-state index < -0.39 is 18.5 Å². The predicted molar refractivity (Wildman–Crippen MR) is 93.1 cm³/mol. The van der Waals surface area contributed by atoms with Crippen LogP contribution in [-0.4, -0.2) is 57.8 Å². The summed E-state index contributed by atoms with van der Waals surface area (Å²) in [5.74, 6) is -3.03. The van der Waals surface area contributed by atoms with Gasteiger partial charge in [-0.05, 0) is 18.6 Å². The molecule has 5 nitrogen and oxygen atoms in total. The number of nitrogens with one attached hydrogen (secondary N) is 1. The van der Waals surface area contributed by atoms with Crippen molar-refractivity contribution in [3.8, 4) is 5.75 Å². The van der Waals surface area contributed by atoms with Crippen molar-refractivity contribution in [3.05, 3.63) is 29.8 Å². The Hall–Kier alpha value is -1.73. The maximum Gasteiger partial charge on any atom is 0.285 e. The number of nitrogens with zero attached hydrogens (tertiary/aromatic N) is 1. The number of ether oxygens (including phenoxy) is 2. The molecular formula is C18H28F2N2O3. The Bertz CT molecular complexity index is 539. The largest absolute Gasteiger partial charge is 0.494 e. The Labute approximate surface area is 148 Å². The van der Waals surface area contributed by atoms with Crippen molar-refractivity contribution in [2.24, 2.45) is 0 Å². The van der Waals surface area contributed by atoms with Gasteiger partial charge in [0.2, 0.25) is 5.91 Å². The summed E-state index contributed by atoms with van der Waals surface area (Å²) in [4.78, 5) is 13.3. The quantitative estimate of drug-likeness (QED) is 0.618. The van der Waals surface area contributed by atoms with Crippen molar-refractivity contribution in [1.29, 1.82) is 0 Å². The minimum absolute atomic E-state index is 0.0211. The van der Waals surface area contributed by atoms with Crippen LogP contribution in [0, 0.1) is 0 Å². The van der Waals surface area contributed by atoms with Crippen LogP contribution in [-0.2, 0) is 15.5 Å². The van der Waals surface area contributed by atoms with Crippen LogP contribution in [0.25, 0.3) is 0 Å². The second-order valence-corrected chi connectivity index (χ2v) is 6.06. The van der Waals surface area contributed by atoms with Crippen LogP contribution in [0.2, 0.25) is 0 Å². The highest BCUT2D eigenvalue weighted by Crippen LogP contribution is 2.30. The van der Waals surface area contributed by atoms with Crippen LogP contribution in [0.5, 0.6) is 5.75 Å². The number of benzene rings is 1. The zero-order valence-electron chi connectivity index (χ0n) is 15.4. The van der Waals surface area contributed by atoms with Gasteiger partial charge in [0.1, 0.15) is 11.8 Å². The van der Waals surface area contributed by atoms with Gasteiger partial charge in [0, 0.05) is 26.8 Å². The lowest BCUT2D eigenvalue weighted by Crippen LogP contribution is -2.49. The van der Waals surface area contributed by atoms with Gasteiger partial charge in [-0.3, -0.25) is 10.1 Å². The van der Waals surface area contributed by atoms with E-state index >= 15 is 0 Å². The molecule has 1 N–H and O–H groups in total. The fourth-order valence-corrected chi connectivity index (χ4v) is 2.20. The van der Waals surface area contributed by atoms with Gasteiger partial charge in [-0.2, -0.15) is 8.78 Å². The summed E-state index contributed by atoms with van der Waals surface area (Å²) in [7, 11) is 4.57. The standard InChI is InChI=1S/C18H28F2N2O3/c1-5-6-10-25-15-9-7-8-14(11-15)18(19,20)13-21-16(12-24-4)17(23)22(2)3/h7-9,11,16,21H,5-6,10,12-13H2,1-4H3. The number of likely N-dealkylation sites (N-methyl/N-ethyl adjacent to an activating group) is 1. The summed E-state index contributed by atoms with van der Waals surface area (Å²) >= 11 is 0. The van der Waals surface area contributed by atoms with Gasteiger partial charge in [-0.1, -0.05) is 25.5 Å². The molecule has 1 atom stereocenters. The van der Waals surface area contributed by atoms with Gasteiger partial charge >= 0.3 is 0 Å². The molecule has 142 valence electrons. The second kappa shape index (κ2) is 10.3. The Morgan fingerprint density at radius 2 is 2.08 bits per heavy atom. The SMILES string of the molecule is CCCCOc1cccc(C(F)(F)CNC(COC)C(=O)N(C)C)c1. The fraction of sp³-hybridized carbons (Fsp3) is 0.611. The van der Waals surface area contributed by atoms with Gasteiger partial charge in [-0.15, -0.1) is 0 Å². The molecule has 25 heavy (non-hydrogen) atoms. The van der Waals surface area contributed by atoms with Crippen LogP contribution in [0.1, 0.15) is 25.3 Å². The molecule has 0 saturated carbocycles. The van der Waals surface area contributed by atoms with E-state index in [4.69, 9.17) is 9.47 Å². The van der Waals surface area contributed by atoms with Crippen molar-refractivity contribution in [1.82, 2.24) is 10.2 Å². The van der Waals surface area contributed by atoms with Crippen LogP contribution in [0.4, 0.5) is 8.78 Å². The van der Waals surface area contributed by atoms with Crippen LogP contribution < -0.4 is 10.1 Å². The number of carbonyl (C=O) groups is 1. The van der Waals surface area contributed by atoms with E-state index in [1.54, 1.807) is 26.2 Å². The lowest BCUT2D eigenvalue weighted by Gasteiger charge is -2.24. The zero-order chi connectivity index (χ0) is 18.9. The number of hydrogen-bond acceptors (Lipinski definition) is 4. The fourth-order valence-electron chi connectivity index (χ4n) is 2.20. The molecule has 0 fully saturated rings. The molecule has 1 aromatic rings. The van der Waals surface area contributed by atoms with E-state index in [1.165, 1.54) is 24.1 Å². The van der Waals surface area contributed by atoms with E-state index in [0.29, 0.717) is 12.4 Å². The van der Waals surface area contributed by atoms with Crippen LogP contribution in [0.15, 0.2) is 24.3 Å². The van der Waals surface area contributed by atoms with Crippen LogP contribution in [0.3, 0.4) is 0 Å². The first kappa shape index (κ1) is 21.3. The first-order valence-corrected chi connectivity index (χ1v) is 8.36. The molecule has 0 aliphatic carbocycles. The third-order valence-corrected chi connectivity index (χ3v) is 3.67. The minimum Gasteiger partial charge on any atom is -0.494 e. The smallest absolute Gasteiger partial charge is 0.285 e. The molecule has 7 heteroatoms. The summed E-state index contributed by atoms with van der Waals surface area (Å²) in [6.07, 6.45) is 1.84. The lowest BCUT2D eigenvalue weighted by atomic mass is 10.1. The first-order valence-electron chi connectivity index (χ1n) is 8.36. The molecule has 0 aliphatic rings. The molecule has 1 rings (SSSR count). The Morgan fingerprint density at radius 1 is 1.36 bits per heavy atom. The van der Waals surface area contributed by atoms with E-state index in [2.05, 4.69) is 5.32 Å². The molecule has 1 amide bonds. The van der Waals surface area contributed by atoms with Crippen molar-refractivity contribution >= 4 is 5.91 Å². The maximum atomic E-state index is 14.5. The molecule has 0 spiro atoms.